The summed E-state index contributed by atoms with van der Waals surface area (Å²) in [6.45, 7) is 1.03. The molecule has 17 heavy (non-hydrogen) atoms. The number of ether oxygens (including phenoxy) is 1. The maximum atomic E-state index is 13.1. The number of benzene rings is 1. The van der Waals surface area contributed by atoms with E-state index in [0.29, 0.717) is 13.2 Å². The number of hydrogen-bond donors (Lipinski definition) is 1. The van der Waals surface area contributed by atoms with Crippen LogP contribution in [-0.4, -0.2) is 19.8 Å². The highest BCUT2D eigenvalue weighted by Crippen LogP contribution is 2.35. The van der Waals surface area contributed by atoms with Crippen molar-refractivity contribution in [1.82, 2.24) is 5.32 Å². The molecule has 0 saturated carbocycles. The molecule has 1 saturated heterocycles. The van der Waals surface area contributed by atoms with Crippen LogP contribution in [0, 0.1) is 5.82 Å². The lowest BCUT2D eigenvalue weighted by Crippen LogP contribution is -2.35. The first-order valence-corrected chi connectivity index (χ1v) is 5.16. The van der Waals surface area contributed by atoms with Gasteiger partial charge in [0.1, 0.15) is 5.82 Å². The van der Waals surface area contributed by atoms with Crippen LogP contribution in [0.1, 0.15) is 17.2 Å². The highest BCUT2D eigenvalue weighted by atomic mass is 19.4. The summed E-state index contributed by atoms with van der Waals surface area (Å²) in [6.07, 6.45) is -4.48. The molecule has 1 N–H and O–H groups in total. The van der Waals surface area contributed by atoms with Crippen molar-refractivity contribution < 1.29 is 22.3 Å². The van der Waals surface area contributed by atoms with E-state index in [0.717, 1.165) is 18.2 Å². The summed E-state index contributed by atoms with van der Waals surface area (Å²) in [7, 11) is 0. The second-order valence-electron chi connectivity index (χ2n) is 3.81. The highest BCUT2D eigenvalue weighted by Gasteiger charge is 2.35. The molecule has 0 unspecified atom stereocenters. The van der Waals surface area contributed by atoms with E-state index in [-0.39, 0.29) is 12.2 Å². The summed E-state index contributed by atoms with van der Waals surface area (Å²) in [5.41, 5.74) is -0.917. The zero-order valence-corrected chi connectivity index (χ0v) is 8.85. The maximum Gasteiger partial charge on any atom is 0.416 e. The summed E-state index contributed by atoms with van der Waals surface area (Å²) >= 11 is 0. The van der Waals surface area contributed by atoms with Gasteiger partial charge in [0, 0.05) is 6.54 Å². The van der Waals surface area contributed by atoms with E-state index >= 15 is 0 Å². The van der Waals surface area contributed by atoms with Gasteiger partial charge in [-0.3, -0.25) is 0 Å². The van der Waals surface area contributed by atoms with Crippen LogP contribution in [0.3, 0.4) is 0 Å². The average Bonchev–Trinajstić information content (AvgIpc) is 2.28. The van der Waals surface area contributed by atoms with Crippen LogP contribution in [0.2, 0.25) is 0 Å². The minimum atomic E-state index is -4.48. The molecule has 1 aromatic rings. The van der Waals surface area contributed by atoms with Crippen molar-refractivity contribution in [2.24, 2.45) is 0 Å². The molecular weight excluding hydrogens is 238 g/mol. The predicted octanol–water partition coefficient (Wildman–Crippen LogP) is 2.51. The standard InChI is InChI=1S/C11H11F4NO/c12-7-1-2-9(11(13,14)15)8(5-7)10-6-17-4-3-16-10/h1-2,5,10,16H,3-4,6H2/t10-/m0/s1. The fourth-order valence-corrected chi connectivity index (χ4v) is 1.85. The van der Waals surface area contributed by atoms with Crippen LogP contribution in [0.25, 0.3) is 0 Å². The molecule has 1 fully saturated rings. The first-order valence-electron chi connectivity index (χ1n) is 5.16. The summed E-state index contributed by atoms with van der Waals surface area (Å²) in [4.78, 5) is 0. The van der Waals surface area contributed by atoms with Crippen LogP contribution in [0.5, 0.6) is 0 Å². The van der Waals surface area contributed by atoms with Gasteiger partial charge >= 0.3 is 6.18 Å². The number of morpholine rings is 1. The highest BCUT2D eigenvalue weighted by molar-refractivity contribution is 5.33. The molecule has 1 atom stereocenters. The zero-order chi connectivity index (χ0) is 12.5. The van der Waals surface area contributed by atoms with Gasteiger partial charge in [-0.25, -0.2) is 4.39 Å². The minimum absolute atomic E-state index is 0.0998. The molecule has 1 heterocycles. The molecular formula is C11H11F4NO. The third-order valence-corrected chi connectivity index (χ3v) is 2.62. The van der Waals surface area contributed by atoms with Crippen molar-refractivity contribution in [1.29, 1.82) is 0 Å². The fraction of sp³-hybridized carbons (Fsp3) is 0.455. The van der Waals surface area contributed by atoms with Gasteiger partial charge in [-0.2, -0.15) is 13.2 Å². The van der Waals surface area contributed by atoms with Crippen molar-refractivity contribution in [3.8, 4) is 0 Å². The van der Waals surface area contributed by atoms with Crippen molar-refractivity contribution in [3.63, 3.8) is 0 Å². The van der Waals surface area contributed by atoms with Gasteiger partial charge in [0.15, 0.2) is 0 Å². The summed E-state index contributed by atoms with van der Waals surface area (Å²) in [6, 6.07) is 1.88. The van der Waals surface area contributed by atoms with Gasteiger partial charge in [-0.15, -0.1) is 0 Å². The molecule has 0 amide bonds. The molecule has 0 aliphatic carbocycles. The Labute approximate surface area is 95.6 Å². The Hall–Kier alpha value is -1.14. The Morgan fingerprint density at radius 3 is 2.65 bits per heavy atom. The van der Waals surface area contributed by atoms with Crippen molar-refractivity contribution in [2.45, 2.75) is 12.2 Å². The van der Waals surface area contributed by atoms with Crippen molar-refractivity contribution in [3.05, 3.63) is 35.1 Å². The van der Waals surface area contributed by atoms with Crippen LogP contribution in [0.15, 0.2) is 18.2 Å². The van der Waals surface area contributed by atoms with E-state index < -0.39 is 23.6 Å². The maximum absolute atomic E-state index is 13.1. The lowest BCUT2D eigenvalue weighted by Gasteiger charge is -2.26. The Morgan fingerprint density at radius 2 is 2.06 bits per heavy atom. The second kappa shape index (κ2) is 4.62. The number of alkyl halides is 3. The van der Waals surface area contributed by atoms with Gasteiger partial charge in [0.2, 0.25) is 0 Å². The zero-order valence-electron chi connectivity index (χ0n) is 8.85. The Balaban J connectivity index is 2.39. The third-order valence-electron chi connectivity index (χ3n) is 2.62. The first-order chi connectivity index (χ1) is 7.98. The summed E-state index contributed by atoms with van der Waals surface area (Å²) < 4.78 is 56.4. The molecule has 0 bridgehead atoms. The number of rotatable bonds is 1. The van der Waals surface area contributed by atoms with Gasteiger partial charge in [0.25, 0.3) is 0 Å². The number of nitrogens with one attached hydrogen (secondary N) is 1. The molecule has 2 nitrogen and oxygen atoms in total. The van der Waals surface area contributed by atoms with E-state index in [1.54, 1.807) is 0 Å². The van der Waals surface area contributed by atoms with Gasteiger partial charge in [-0.1, -0.05) is 0 Å². The lowest BCUT2D eigenvalue weighted by atomic mass is 9.99. The number of hydrogen-bond acceptors (Lipinski definition) is 2. The SMILES string of the molecule is Fc1ccc(C(F)(F)F)c([C@@H]2COCCN2)c1. The molecule has 0 radical (unpaired) electrons. The van der Waals surface area contributed by atoms with E-state index in [4.69, 9.17) is 4.74 Å². The Kier molecular flexibility index (Phi) is 3.35. The molecule has 0 spiro atoms. The summed E-state index contributed by atoms with van der Waals surface area (Å²) in [5, 5.41) is 2.88. The van der Waals surface area contributed by atoms with Crippen molar-refractivity contribution >= 4 is 0 Å². The molecule has 2 rings (SSSR count). The summed E-state index contributed by atoms with van der Waals surface area (Å²) in [5.74, 6) is -0.680. The first kappa shape index (κ1) is 12.3. The average molecular weight is 249 g/mol. The smallest absolute Gasteiger partial charge is 0.378 e. The molecule has 1 aliphatic heterocycles. The van der Waals surface area contributed by atoms with Crippen LogP contribution < -0.4 is 5.32 Å². The third kappa shape index (κ3) is 2.76. The van der Waals surface area contributed by atoms with E-state index in [1.165, 1.54) is 0 Å². The normalized spacial score (nSPS) is 21.5. The van der Waals surface area contributed by atoms with E-state index in [1.807, 2.05) is 0 Å². The van der Waals surface area contributed by atoms with Crippen LogP contribution in [-0.2, 0) is 10.9 Å². The number of halogens is 4. The topological polar surface area (TPSA) is 21.3 Å². The van der Waals surface area contributed by atoms with Gasteiger partial charge in [-0.05, 0) is 23.8 Å². The molecule has 0 aromatic heterocycles. The largest absolute Gasteiger partial charge is 0.416 e. The molecule has 1 aromatic carbocycles. The predicted molar refractivity (Wildman–Crippen MR) is 53.0 cm³/mol. The molecule has 1 aliphatic rings. The van der Waals surface area contributed by atoms with Crippen molar-refractivity contribution in [2.75, 3.05) is 19.8 Å². The monoisotopic (exact) mass is 249 g/mol. The fourth-order valence-electron chi connectivity index (χ4n) is 1.85. The molecule has 94 valence electrons. The van der Waals surface area contributed by atoms with Gasteiger partial charge < -0.3 is 10.1 Å². The quantitative estimate of drug-likeness (QED) is 0.772. The second-order valence-corrected chi connectivity index (χ2v) is 3.81. The lowest BCUT2D eigenvalue weighted by molar-refractivity contribution is -0.138. The van der Waals surface area contributed by atoms with Crippen LogP contribution >= 0.6 is 0 Å². The van der Waals surface area contributed by atoms with E-state index in [9.17, 15) is 17.6 Å². The van der Waals surface area contributed by atoms with Crippen LogP contribution in [0.4, 0.5) is 17.6 Å². The Morgan fingerprint density at radius 1 is 1.29 bits per heavy atom. The molecule has 6 heteroatoms. The Bertz CT molecular complexity index is 399. The van der Waals surface area contributed by atoms with E-state index in [2.05, 4.69) is 5.32 Å². The van der Waals surface area contributed by atoms with Gasteiger partial charge in [0.05, 0.1) is 24.8 Å². The minimum Gasteiger partial charge on any atom is -0.378 e.